The number of aryl methyl sites for hydroxylation is 1. The monoisotopic (exact) mass is 528 g/mol. The van der Waals surface area contributed by atoms with Crippen LogP contribution >= 0.6 is 11.3 Å². The summed E-state index contributed by atoms with van der Waals surface area (Å²) in [6.07, 6.45) is 1.30. The lowest BCUT2D eigenvalue weighted by atomic mass is 9.97. The predicted molar refractivity (Wildman–Crippen MR) is 136 cm³/mol. The third kappa shape index (κ3) is 6.54. The normalized spacial score (nSPS) is 13.6. The Labute approximate surface area is 208 Å². The van der Waals surface area contributed by atoms with E-state index in [2.05, 4.69) is 6.92 Å². The number of rotatable bonds is 10. The quantitative estimate of drug-likeness (QED) is 0.328. The number of thiophene rings is 1. The Hall–Kier alpha value is -2.17. The number of benzene rings is 1. The molecule has 1 unspecified atom stereocenters. The molecule has 0 radical (unpaired) electrons. The lowest BCUT2D eigenvalue weighted by Gasteiger charge is -2.22. The van der Waals surface area contributed by atoms with Gasteiger partial charge >= 0.3 is 6.18 Å². The van der Waals surface area contributed by atoms with Gasteiger partial charge in [-0.05, 0) is 48.9 Å². The second-order valence-electron chi connectivity index (χ2n) is 8.92. The molecule has 1 aromatic carbocycles. The molecule has 0 saturated carbocycles. The molecule has 0 aliphatic heterocycles. The van der Waals surface area contributed by atoms with Crippen LogP contribution in [0.15, 0.2) is 41.3 Å². The number of alkyl halides is 3. The van der Waals surface area contributed by atoms with Gasteiger partial charge in [-0.15, -0.1) is 11.3 Å². The minimum Gasteiger partial charge on any atom is -0.317 e. The maximum Gasteiger partial charge on any atom is 0.416 e. The van der Waals surface area contributed by atoms with Crippen molar-refractivity contribution in [2.45, 2.75) is 45.7 Å². The summed E-state index contributed by atoms with van der Waals surface area (Å²) in [6, 6.07) is 6.98. The Morgan fingerprint density at radius 1 is 1.14 bits per heavy atom. The SMILES string of the molecule is CCCN(CCC(CC)Cc1cc2c(=O)n(C)cc(-c3cccc(C(F)(F)F)c3)c2s1)S(C)(=O)=O. The Balaban J connectivity index is 1.94. The van der Waals surface area contributed by atoms with Crippen molar-refractivity contribution in [1.29, 1.82) is 0 Å². The minimum atomic E-state index is -4.46. The maximum atomic E-state index is 13.3. The van der Waals surface area contributed by atoms with Gasteiger partial charge in [0.15, 0.2) is 0 Å². The summed E-state index contributed by atoms with van der Waals surface area (Å²) in [5.74, 6) is 0.213. The minimum absolute atomic E-state index is 0.197. The van der Waals surface area contributed by atoms with Gasteiger partial charge in [-0.3, -0.25) is 4.79 Å². The molecule has 1 atom stereocenters. The van der Waals surface area contributed by atoms with Crippen LogP contribution in [-0.2, 0) is 29.7 Å². The molecule has 0 aliphatic carbocycles. The second kappa shape index (κ2) is 10.8. The molecular formula is C25H31F3N2O3S2. The van der Waals surface area contributed by atoms with E-state index in [1.807, 2.05) is 13.0 Å². The van der Waals surface area contributed by atoms with Crippen molar-refractivity contribution >= 4 is 31.4 Å². The van der Waals surface area contributed by atoms with E-state index in [1.165, 1.54) is 32.5 Å². The summed E-state index contributed by atoms with van der Waals surface area (Å²) in [7, 11) is -1.68. The van der Waals surface area contributed by atoms with E-state index < -0.39 is 21.8 Å². The molecule has 0 spiro atoms. The molecule has 35 heavy (non-hydrogen) atoms. The van der Waals surface area contributed by atoms with Crippen molar-refractivity contribution in [3.8, 4) is 11.1 Å². The molecule has 0 fully saturated rings. The molecule has 0 aliphatic rings. The maximum absolute atomic E-state index is 13.3. The Morgan fingerprint density at radius 2 is 1.86 bits per heavy atom. The summed E-state index contributed by atoms with van der Waals surface area (Å²) >= 11 is 1.42. The van der Waals surface area contributed by atoms with Crippen LogP contribution in [0.1, 0.15) is 43.6 Å². The van der Waals surface area contributed by atoms with E-state index in [9.17, 15) is 26.4 Å². The number of nitrogens with zero attached hydrogens (tertiary/aromatic N) is 2. The van der Waals surface area contributed by atoms with Crippen LogP contribution in [0.5, 0.6) is 0 Å². The van der Waals surface area contributed by atoms with Crippen molar-refractivity contribution in [1.82, 2.24) is 8.87 Å². The van der Waals surface area contributed by atoms with Crippen LogP contribution in [0.4, 0.5) is 13.2 Å². The molecule has 0 N–H and O–H groups in total. The fraction of sp³-hybridized carbons (Fsp3) is 0.480. The zero-order valence-corrected chi connectivity index (χ0v) is 22.0. The van der Waals surface area contributed by atoms with Gasteiger partial charge in [0, 0.05) is 41.5 Å². The summed E-state index contributed by atoms with van der Waals surface area (Å²) in [4.78, 5) is 13.8. The molecule has 192 valence electrons. The molecule has 3 rings (SSSR count). The summed E-state index contributed by atoms with van der Waals surface area (Å²) in [6.45, 7) is 4.91. The number of fused-ring (bicyclic) bond motifs is 1. The molecule has 5 nitrogen and oxygen atoms in total. The highest BCUT2D eigenvalue weighted by atomic mass is 32.2. The number of halogens is 3. The van der Waals surface area contributed by atoms with E-state index >= 15 is 0 Å². The topological polar surface area (TPSA) is 59.4 Å². The molecule has 10 heteroatoms. The molecule has 2 aromatic heterocycles. The zero-order chi connectivity index (χ0) is 26.0. The van der Waals surface area contributed by atoms with Crippen molar-refractivity contribution in [2.24, 2.45) is 13.0 Å². The third-order valence-electron chi connectivity index (χ3n) is 6.20. The molecular weight excluding hydrogens is 497 g/mol. The molecule has 3 aromatic rings. The Morgan fingerprint density at radius 3 is 2.46 bits per heavy atom. The van der Waals surface area contributed by atoms with Gasteiger partial charge in [0.25, 0.3) is 5.56 Å². The molecule has 2 heterocycles. The fourth-order valence-electron chi connectivity index (χ4n) is 4.23. The number of hydrogen-bond donors (Lipinski definition) is 0. The highest BCUT2D eigenvalue weighted by Gasteiger charge is 2.30. The predicted octanol–water partition coefficient (Wildman–Crippen LogP) is 5.92. The number of pyridine rings is 1. The van der Waals surface area contributed by atoms with Gasteiger partial charge in [0.2, 0.25) is 10.0 Å². The van der Waals surface area contributed by atoms with Crippen LogP contribution in [0.2, 0.25) is 0 Å². The van der Waals surface area contributed by atoms with Crippen molar-refractivity contribution < 1.29 is 21.6 Å². The van der Waals surface area contributed by atoms with Gasteiger partial charge < -0.3 is 4.57 Å². The zero-order valence-electron chi connectivity index (χ0n) is 20.4. The van der Waals surface area contributed by atoms with E-state index in [0.717, 1.165) is 29.9 Å². The first kappa shape index (κ1) is 27.4. The fourth-order valence-corrected chi connectivity index (χ4v) is 6.47. The molecule has 0 bridgehead atoms. The van der Waals surface area contributed by atoms with Gasteiger partial charge in [0.05, 0.1) is 17.2 Å². The lowest BCUT2D eigenvalue weighted by Crippen LogP contribution is -2.32. The summed E-state index contributed by atoms with van der Waals surface area (Å²) in [5.41, 5.74) is 0.0627. The second-order valence-corrected chi connectivity index (χ2v) is 12.0. The highest BCUT2D eigenvalue weighted by molar-refractivity contribution is 7.88. The average Bonchev–Trinajstić information content (AvgIpc) is 3.20. The summed E-state index contributed by atoms with van der Waals surface area (Å²) in [5, 5.41) is 0.487. The molecule has 0 saturated heterocycles. The lowest BCUT2D eigenvalue weighted by molar-refractivity contribution is -0.137. The van der Waals surface area contributed by atoms with E-state index in [1.54, 1.807) is 19.3 Å². The average molecular weight is 529 g/mol. The number of sulfonamides is 1. The van der Waals surface area contributed by atoms with Crippen LogP contribution in [0.25, 0.3) is 21.2 Å². The van der Waals surface area contributed by atoms with Crippen LogP contribution in [-0.4, -0.2) is 36.6 Å². The van der Waals surface area contributed by atoms with Gasteiger partial charge in [-0.25, -0.2) is 12.7 Å². The van der Waals surface area contributed by atoms with Crippen molar-refractivity contribution in [2.75, 3.05) is 19.3 Å². The molecule has 0 amide bonds. The Kier molecular flexibility index (Phi) is 8.49. The number of hydrogen-bond acceptors (Lipinski definition) is 4. The van der Waals surface area contributed by atoms with E-state index in [0.29, 0.717) is 47.1 Å². The van der Waals surface area contributed by atoms with E-state index in [4.69, 9.17) is 0 Å². The standard InChI is InChI=1S/C25H31F3N2O3S2/c1-5-11-30(35(4,32)33)12-10-17(6-2)13-20-15-21-23(34-20)22(16-29(3)24(21)31)18-8-7-9-19(14-18)25(26,27)28/h7-9,14-17H,5-6,10-13H2,1-4H3. The Bertz CT molecular complexity index is 1340. The van der Waals surface area contributed by atoms with Crippen LogP contribution < -0.4 is 5.56 Å². The highest BCUT2D eigenvalue weighted by Crippen LogP contribution is 2.37. The first-order valence-corrected chi connectivity index (χ1v) is 14.3. The smallest absolute Gasteiger partial charge is 0.317 e. The van der Waals surface area contributed by atoms with Crippen molar-refractivity contribution in [3.05, 3.63) is 57.3 Å². The van der Waals surface area contributed by atoms with Gasteiger partial charge in [0.1, 0.15) is 0 Å². The number of aromatic nitrogens is 1. The van der Waals surface area contributed by atoms with Crippen molar-refractivity contribution in [3.63, 3.8) is 0 Å². The first-order chi connectivity index (χ1) is 16.3. The van der Waals surface area contributed by atoms with Gasteiger partial charge in [-0.1, -0.05) is 32.4 Å². The van der Waals surface area contributed by atoms with Gasteiger partial charge in [-0.2, -0.15) is 13.2 Å². The largest absolute Gasteiger partial charge is 0.416 e. The first-order valence-electron chi connectivity index (χ1n) is 11.6. The third-order valence-corrected chi connectivity index (χ3v) is 8.69. The van der Waals surface area contributed by atoms with E-state index in [-0.39, 0.29) is 11.5 Å². The summed E-state index contributed by atoms with van der Waals surface area (Å²) < 4.78 is 67.5. The van der Waals surface area contributed by atoms with Crippen LogP contribution in [0, 0.1) is 5.92 Å². The van der Waals surface area contributed by atoms with Crippen LogP contribution in [0.3, 0.4) is 0 Å².